The maximum Gasteiger partial charge on any atom is 0.229 e. The van der Waals surface area contributed by atoms with Crippen LogP contribution in [0.2, 0.25) is 0 Å². The van der Waals surface area contributed by atoms with Crippen LogP contribution in [0.15, 0.2) is 41.8 Å². The molecule has 2 unspecified atom stereocenters. The molecule has 2 atom stereocenters. The predicted molar refractivity (Wildman–Crippen MR) is 80.2 cm³/mol. The summed E-state index contributed by atoms with van der Waals surface area (Å²) in [5.74, 6) is -0.564. The summed E-state index contributed by atoms with van der Waals surface area (Å²) in [5.41, 5.74) is 7.51. The number of carbonyl (C=O) groups is 1. The summed E-state index contributed by atoms with van der Waals surface area (Å²) >= 11 is 1.33. The van der Waals surface area contributed by atoms with Crippen LogP contribution in [0.25, 0.3) is 0 Å². The summed E-state index contributed by atoms with van der Waals surface area (Å²) < 4.78 is 0. The number of amides is 1. The molecule has 5 heteroatoms. The quantitative estimate of drug-likeness (QED) is 0.906. The number of nitrogens with one attached hydrogen (secondary N) is 1. The van der Waals surface area contributed by atoms with E-state index in [1.54, 1.807) is 18.4 Å². The molecule has 1 aromatic heterocycles. The lowest BCUT2D eigenvalue weighted by molar-refractivity contribution is -0.120. The summed E-state index contributed by atoms with van der Waals surface area (Å²) in [6.45, 7) is 1.78. The zero-order chi connectivity index (χ0) is 14.5. The Balaban J connectivity index is 2.08. The third-order valence-electron chi connectivity index (χ3n) is 3.16. The number of benzene rings is 1. The van der Waals surface area contributed by atoms with Crippen molar-refractivity contribution in [1.82, 2.24) is 0 Å². The van der Waals surface area contributed by atoms with Crippen molar-refractivity contribution in [2.45, 2.75) is 13.0 Å². The maximum absolute atomic E-state index is 12.2. The molecule has 0 bridgehead atoms. The number of nitrogens with zero attached hydrogens (tertiary/aromatic N) is 1. The molecule has 1 heterocycles. The van der Waals surface area contributed by atoms with E-state index in [1.165, 1.54) is 11.3 Å². The lowest BCUT2D eigenvalue weighted by atomic mass is 9.95. The van der Waals surface area contributed by atoms with Crippen molar-refractivity contribution in [2.75, 3.05) is 5.32 Å². The number of thiophene rings is 1. The van der Waals surface area contributed by atoms with Crippen LogP contribution in [-0.2, 0) is 4.79 Å². The van der Waals surface area contributed by atoms with Gasteiger partial charge in [-0.1, -0.05) is 37.3 Å². The van der Waals surface area contributed by atoms with Crippen LogP contribution in [0.5, 0.6) is 0 Å². The number of anilines is 1. The van der Waals surface area contributed by atoms with Gasteiger partial charge in [-0.3, -0.25) is 4.79 Å². The van der Waals surface area contributed by atoms with Gasteiger partial charge >= 0.3 is 0 Å². The lowest BCUT2D eigenvalue weighted by Gasteiger charge is -2.19. The van der Waals surface area contributed by atoms with Crippen molar-refractivity contribution in [2.24, 2.45) is 11.7 Å². The molecule has 1 aromatic carbocycles. The molecule has 3 N–H and O–H groups in total. The predicted octanol–water partition coefficient (Wildman–Crippen LogP) is 2.89. The molecule has 0 spiro atoms. The second kappa shape index (κ2) is 6.33. The van der Waals surface area contributed by atoms with Crippen LogP contribution in [0, 0.1) is 17.2 Å². The number of carbonyl (C=O) groups excluding carboxylic acids is 1. The fourth-order valence-electron chi connectivity index (χ4n) is 1.85. The zero-order valence-electron chi connectivity index (χ0n) is 11.0. The maximum atomic E-state index is 12.2. The van der Waals surface area contributed by atoms with Gasteiger partial charge in [0.2, 0.25) is 5.91 Å². The first-order valence-corrected chi connectivity index (χ1v) is 7.10. The van der Waals surface area contributed by atoms with Gasteiger partial charge in [-0.2, -0.15) is 5.26 Å². The molecule has 0 saturated heterocycles. The fourth-order valence-corrected chi connectivity index (χ4v) is 2.59. The molecule has 0 fully saturated rings. The summed E-state index contributed by atoms with van der Waals surface area (Å²) in [6.07, 6.45) is 0. The highest BCUT2D eigenvalue weighted by molar-refractivity contribution is 7.14. The first-order valence-electron chi connectivity index (χ1n) is 6.22. The smallest absolute Gasteiger partial charge is 0.229 e. The Labute approximate surface area is 121 Å². The molecule has 102 valence electrons. The number of hydrogen-bond donors (Lipinski definition) is 2. The van der Waals surface area contributed by atoms with Crippen LogP contribution in [0.3, 0.4) is 0 Å². The van der Waals surface area contributed by atoms with Gasteiger partial charge < -0.3 is 11.1 Å². The van der Waals surface area contributed by atoms with Crippen molar-refractivity contribution in [3.05, 3.63) is 52.9 Å². The standard InChI is InChI=1S/C15H15N3OS/c1-10(13(17)11-5-3-2-4-6-11)14(19)18-15-12(9-16)7-8-20-15/h2-8,10,13H,17H2,1H3,(H,18,19). The molecule has 1 amide bonds. The Morgan fingerprint density at radius 1 is 1.35 bits per heavy atom. The largest absolute Gasteiger partial charge is 0.323 e. The molecule has 4 nitrogen and oxygen atoms in total. The molecule has 0 saturated carbocycles. The molecule has 0 aliphatic heterocycles. The first-order chi connectivity index (χ1) is 9.63. The zero-order valence-corrected chi connectivity index (χ0v) is 11.9. The minimum atomic E-state index is -0.383. The van der Waals surface area contributed by atoms with Gasteiger partial charge in [0.25, 0.3) is 0 Å². The van der Waals surface area contributed by atoms with Gasteiger partial charge in [-0.05, 0) is 17.0 Å². The van der Waals surface area contributed by atoms with E-state index in [0.29, 0.717) is 10.6 Å². The summed E-state index contributed by atoms with van der Waals surface area (Å²) in [4.78, 5) is 12.2. The van der Waals surface area contributed by atoms with Gasteiger partial charge in [-0.25, -0.2) is 0 Å². The Bertz CT molecular complexity index is 630. The van der Waals surface area contributed by atoms with Crippen molar-refractivity contribution < 1.29 is 4.79 Å². The van der Waals surface area contributed by atoms with Crippen LogP contribution < -0.4 is 11.1 Å². The highest BCUT2D eigenvalue weighted by Crippen LogP contribution is 2.25. The molecule has 0 radical (unpaired) electrons. The van der Waals surface area contributed by atoms with E-state index in [0.717, 1.165) is 5.56 Å². The fraction of sp³-hybridized carbons (Fsp3) is 0.200. The molecule has 2 rings (SSSR count). The molecule has 0 aliphatic carbocycles. The second-order valence-electron chi connectivity index (χ2n) is 4.49. The highest BCUT2D eigenvalue weighted by Gasteiger charge is 2.23. The van der Waals surface area contributed by atoms with Gasteiger partial charge in [0, 0.05) is 6.04 Å². The topological polar surface area (TPSA) is 78.9 Å². The van der Waals surface area contributed by atoms with E-state index in [1.807, 2.05) is 36.4 Å². The Kier molecular flexibility index (Phi) is 4.51. The number of nitriles is 1. The number of hydrogen-bond acceptors (Lipinski definition) is 4. The van der Waals surface area contributed by atoms with E-state index in [-0.39, 0.29) is 17.9 Å². The molecule has 20 heavy (non-hydrogen) atoms. The summed E-state index contributed by atoms with van der Waals surface area (Å²) in [6, 6.07) is 12.9. The van der Waals surface area contributed by atoms with E-state index in [9.17, 15) is 4.79 Å². The summed E-state index contributed by atoms with van der Waals surface area (Å²) in [7, 11) is 0. The van der Waals surface area contributed by atoms with Gasteiger partial charge in [0.1, 0.15) is 11.1 Å². The van der Waals surface area contributed by atoms with Crippen LogP contribution in [0.4, 0.5) is 5.00 Å². The average molecular weight is 285 g/mol. The van der Waals surface area contributed by atoms with Gasteiger partial charge in [-0.15, -0.1) is 11.3 Å². The Morgan fingerprint density at radius 2 is 2.05 bits per heavy atom. The molecular formula is C15H15N3OS. The van der Waals surface area contributed by atoms with Gasteiger partial charge in [0.15, 0.2) is 0 Å². The summed E-state index contributed by atoms with van der Waals surface area (Å²) in [5, 5.41) is 14.0. The molecule has 2 aromatic rings. The Morgan fingerprint density at radius 3 is 2.70 bits per heavy atom. The minimum Gasteiger partial charge on any atom is -0.323 e. The van der Waals surface area contributed by atoms with Crippen molar-refractivity contribution >= 4 is 22.2 Å². The van der Waals surface area contributed by atoms with E-state index in [4.69, 9.17) is 11.0 Å². The third kappa shape index (κ3) is 3.05. The third-order valence-corrected chi connectivity index (χ3v) is 3.99. The molecular weight excluding hydrogens is 270 g/mol. The molecule has 0 aliphatic rings. The van der Waals surface area contributed by atoms with Crippen molar-refractivity contribution in [3.8, 4) is 6.07 Å². The first kappa shape index (κ1) is 14.3. The van der Waals surface area contributed by atoms with Crippen molar-refractivity contribution in [3.63, 3.8) is 0 Å². The average Bonchev–Trinajstić information content (AvgIpc) is 2.93. The SMILES string of the molecule is CC(C(=O)Nc1sccc1C#N)C(N)c1ccccc1. The number of nitrogens with two attached hydrogens (primary N) is 1. The monoisotopic (exact) mass is 285 g/mol. The van der Waals surface area contributed by atoms with Crippen LogP contribution >= 0.6 is 11.3 Å². The van der Waals surface area contributed by atoms with Crippen molar-refractivity contribution in [1.29, 1.82) is 5.26 Å². The van der Waals surface area contributed by atoms with E-state index < -0.39 is 0 Å². The normalized spacial score (nSPS) is 13.2. The van der Waals surface area contributed by atoms with Crippen LogP contribution in [-0.4, -0.2) is 5.91 Å². The van der Waals surface area contributed by atoms with E-state index >= 15 is 0 Å². The second-order valence-corrected chi connectivity index (χ2v) is 5.41. The van der Waals surface area contributed by atoms with Crippen LogP contribution in [0.1, 0.15) is 24.1 Å². The number of rotatable bonds is 4. The highest BCUT2D eigenvalue weighted by atomic mass is 32.1. The van der Waals surface area contributed by atoms with E-state index in [2.05, 4.69) is 5.32 Å². The lowest BCUT2D eigenvalue weighted by Crippen LogP contribution is -2.30. The van der Waals surface area contributed by atoms with Gasteiger partial charge in [0.05, 0.1) is 11.5 Å². The Hall–Kier alpha value is -2.16. The minimum absolute atomic E-state index is 0.180.